The third-order valence-electron chi connectivity index (χ3n) is 2.70. The lowest BCUT2D eigenvalue weighted by atomic mass is 10.0. The minimum atomic E-state index is -3.97. The van der Waals surface area contributed by atoms with Gasteiger partial charge in [-0.05, 0) is 30.5 Å². The Bertz CT molecular complexity index is 586. The molecule has 0 saturated heterocycles. The highest BCUT2D eigenvalue weighted by molar-refractivity contribution is 7.91. The fourth-order valence-electron chi connectivity index (χ4n) is 1.86. The lowest BCUT2D eigenvalue weighted by Gasteiger charge is -2.19. The van der Waals surface area contributed by atoms with E-state index in [2.05, 4.69) is 14.8 Å². The largest absolute Gasteiger partial charge is 0.452 e. The summed E-state index contributed by atoms with van der Waals surface area (Å²) >= 11 is 0. The molecule has 1 amide bonds. The Morgan fingerprint density at radius 1 is 1.42 bits per heavy atom. The van der Waals surface area contributed by atoms with Crippen LogP contribution in [0.25, 0.3) is 0 Å². The van der Waals surface area contributed by atoms with Gasteiger partial charge in [-0.1, -0.05) is 6.07 Å². The lowest BCUT2D eigenvalue weighted by molar-refractivity contribution is 0.177. The van der Waals surface area contributed by atoms with Gasteiger partial charge >= 0.3 is 16.3 Å². The van der Waals surface area contributed by atoms with Crippen LogP contribution in [-0.2, 0) is 21.4 Å². The number of benzene rings is 1. The first kappa shape index (κ1) is 13.5. The molecule has 0 aromatic heterocycles. The summed E-state index contributed by atoms with van der Waals surface area (Å²) in [5.74, 6) is 0. The summed E-state index contributed by atoms with van der Waals surface area (Å²) in [6, 6.07) is 5.21. The molecule has 1 aliphatic heterocycles. The standard InChI is InChI=1S/C11H15N3O4S/c1-18-11(15)14-19(16,17)13-9-5-4-8-3-2-6-12-10(8)7-9/h4-5,7,12-13H,2-3,6H2,1H3,(H,14,15). The molecule has 0 saturated carbocycles. The van der Waals surface area contributed by atoms with Crippen molar-refractivity contribution >= 4 is 27.7 Å². The topological polar surface area (TPSA) is 96.5 Å². The zero-order chi connectivity index (χ0) is 13.9. The van der Waals surface area contributed by atoms with E-state index in [9.17, 15) is 13.2 Å². The Hall–Kier alpha value is -1.96. The van der Waals surface area contributed by atoms with Crippen molar-refractivity contribution in [1.82, 2.24) is 4.72 Å². The number of rotatable bonds is 3. The van der Waals surface area contributed by atoms with Crippen LogP contribution in [0.4, 0.5) is 16.2 Å². The van der Waals surface area contributed by atoms with Crippen LogP contribution >= 0.6 is 0 Å². The quantitative estimate of drug-likeness (QED) is 0.771. The second kappa shape index (κ2) is 5.35. The Balaban J connectivity index is 2.13. The van der Waals surface area contributed by atoms with Gasteiger partial charge in [0.25, 0.3) is 0 Å². The number of amides is 1. The van der Waals surface area contributed by atoms with E-state index in [0.717, 1.165) is 37.7 Å². The highest BCUT2D eigenvalue weighted by atomic mass is 32.2. The van der Waals surface area contributed by atoms with Crippen LogP contribution in [0.5, 0.6) is 0 Å². The fraction of sp³-hybridized carbons (Fsp3) is 0.364. The number of hydrogen-bond donors (Lipinski definition) is 3. The number of fused-ring (bicyclic) bond motifs is 1. The molecule has 0 bridgehead atoms. The average Bonchev–Trinajstić information content (AvgIpc) is 2.37. The lowest BCUT2D eigenvalue weighted by Crippen LogP contribution is -2.35. The van der Waals surface area contributed by atoms with Crippen molar-refractivity contribution in [3.05, 3.63) is 23.8 Å². The van der Waals surface area contributed by atoms with Gasteiger partial charge in [-0.3, -0.25) is 4.72 Å². The number of methoxy groups -OCH3 is 1. The molecule has 8 heteroatoms. The summed E-state index contributed by atoms with van der Waals surface area (Å²) < 4.78 is 31.4. The van der Waals surface area contributed by atoms with Crippen LogP contribution in [0.2, 0.25) is 0 Å². The normalized spacial score (nSPS) is 13.9. The molecular formula is C11H15N3O4S. The summed E-state index contributed by atoms with van der Waals surface area (Å²) in [5, 5.41) is 3.19. The van der Waals surface area contributed by atoms with E-state index in [1.807, 2.05) is 6.07 Å². The average molecular weight is 285 g/mol. The third-order valence-corrected chi connectivity index (χ3v) is 3.64. The van der Waals surface area contributed by atoms with Crippen LogP contribution in [0, 0.1) is 0 Å². The van der Waals surface area contributed by atoms with Gasteiger partial charge in [0.05, 0.1) is 12.8 Å². The second-order valence-corrected chi connectivity index (χ2v) is 5.52. The molecule has 1 heterocycles. The van der Waals surface area contributed by atoms with E-state index in [0.29, 0.717) is 5.69 Å². The summed E-state index contributed by atoms with van der Waals surface area (Å²) in [6.07, 6.45) is 0.987. The number of carbonyl (C=O) groups is 1. The minimum Gasteiger partial charge on any atom is -0.452 e. The van der Waals surface area contributed by atoms with E-state index in [1.165, 1.54) is 0 Å². The van der Waals surface area contributed by atoms with Gasteiger partial charge in [0.2, 0.25) is 0 Å². The van der Waals surface area contributed by atoms with Crippen LogP contribution in [0.1, 0.15) is 12.0 Å². The molecule has 1 aromatic carbocycles. The molecule has 0 radical (unpaired) electrons. The van der Waals surface area contributed by atoms with Gasteiger partial charge in [0, 0.05) is 12.2 Å². The van der Waals surface area contributed by atoms with Crippen molar-refractivity contribution in [1.29, 1.82) is 0 Å². The SMILES string of the molecule is COC(=O)NS(=O)(=O)Nc1ccc2c(c1)NCCC2. The van der Waals surface area contributed by atoms with Crippen molar-refractivity contribution in [2.45, 2.75) is 12.8 Å². The van der Waals surface area contributed by atoms with E-state index >= 15 is 0 Å². The molecular weight excluding hydrogens is 270 g/mol. The van der Waals surface area contributed by atoms with E-state index < -0.39 is 16.3 Å². The van der Waals surface area contributed by atoms with Crippen LogP contribution in [-0.4, -0.2) is 28.2 Å². The third kappa shape index (κ3) is 3.50. The molecule has 0 atom stereocenters. The number of hydrogen-bond acceptors (Lipinski definition) is 5. The van der Waals surface area contributed by atoms with Gasteiger partial charge in [0.15, 0.2) is 0 Å². The molecule has 19 heavy (non-hydrogen) atoms. The highest BCUT2D eigenvalue weighted by Crippen LogP contribution is 2.25. The van der Waals surface area contributed by atoms with Crippen molar-refractivity contribution in [2.24, 2.45) is 0 Å². The minimum absolute atomic E-state index is 0.379. The summed E-state index contributed by atoms with van der Waals surface area (Å²) in [5.41, 5.74) is 2.43. The smallest absolute Gasteiger partial charge is 0.422 e. The molecule has 0 unspecified atom stereocenters. The predicted molar refractivity (Wildman–Crippen MR) is 71.3 cm³/mol. The molecule has 104 valence electrons. The highest BCUT2D eigenvalue weighted by Gasteiger charge is 2.16. The van der Waals surface area contributed by atoms with E-state index in [4.69, 9.17) is 0 Å². The summed E-state index contributed by atoms with van der Waals surface area (Å²) in [7, 11) is -2.88. The fourth-order valence-corrected chi connectivity index (χ4v) is 2.65. The number of ether oxygens (including phenoxy) is 1. The second-order valence-electron chi connectivity index (χ2n) is 4.10. The first-order valence-corrected chi connectivity index (χ1v) is 7.24. The predicted octanol–water partition coefficient (Wildman–Crippen LogP) is 1.06. The van der Waals surface area contributed by atoms with Crippen molar-refractivity contribution in [3.8, 4) is 0 Å². The number of carbonyl (C=O) groups excluding carboxylic acids is 1. The molecule has 1 aliphatic rings. The molecule has 7 nitrogen and oxygen atoms in total. The van der Waals surface area contributed by atoms with Crippen molar-refractivity contribution in [2.75, 3.05) is 23.7 Å². The van der Waals surface area contributed by atoms with E-state index in [1.54, 1.807) is 16.9 Å². The van der Waals surface area contributed by atoms with Gasteiger partial charge < -0.3 is 10.1 Å². The zero-order valence-corrected chi connectivity index (χ0v) is 11.2. The summed E-state index contributed by atoms with van der Waals surface area (Å²) in [4.78, 5) is 10.9. The molecule has 0 spiro atoms. The zero-order valence-electron chi connectivity index (χ0n) is 10.4. The van der Waals surface area contributed by atoms with Gasteiger partial charge in [-0.2, -0.15) is 8.42 Å². The van der Waals surface area contributed by atoms with Gasteiger partial charge in [-0.15, -0.1) is 0 Å². The number of nitrogens with one attached hydrogen (secondary N) is 3. The molecule has 1 aromatic rings. The van der Waals surface area contributed by atoms with Crippen LogP contribution in [0.15, 0.2) is 18.2 Å². The maximum atomic E-state index is 11.6. The van der Waals surface area contributed by atoms with Gasteiger partial charge in [-0.25, -0.2) is 9.52 Å². The maximum Gasteiger partial charge on any atom is 0.422 e. The number of aryl methyl sites for hydroxylation is 1. The maximum absolute atomic E-state index is 11.6. The van der Waals surface area contributed by atoms with Crippen molar-refractivity contribution < 1.29 is 17.9 Å². The summed E-state index contributed by atoms with van der Waals surface area (Å²) in [6.45, 7) is 0.865. The Morgan fingerprint density at radius 2 is 2.21 bits per heavy atom. The molecule has 0 fully saturated rings. The Morgan fingerprint density at radius 3 is 2.95 bits per heavy atom. The van der Waals surface area contributed by atoms with Crippen LogP contribution < -0.4 is 14.8 Å². The Labute approximate surface area is 111 Å². The molecule has 3 N–H and O–H groups in total. The molecule has 2 rings (SSSR count). The van der Waals surface area contributed by atoms with Crippen LogP contribution in [0.3, 0.4) is 0 Å². The first-order chi connectivity index (χ1) is 9.00. The first-order valence-electron chi connectivity index (χ1n) is 5.75. The monoisotopic (exact) mass is 285 g/mol. The van der Waals surface area contributed by atoms with E-state index in [-0.39, 0.29) is 0 Å². The van der Waals surface area contributed by atoms with Gasteiger partial charge in [0.1, 0.15) is 0 Å². The van der Waals surface area contributed by atoms with Crippen molar-refractivity contribution in [3.63, 3.8) is 0 Å². The number of anilines is 2. The molecule has 0 aliphatic carbocycles. The Kier molecular flexibility index (Phi) is 3.79.